The Balaban J connectivity index is 0.000000127. The molecule has 22 aliphatic rings. The summed E-state index contributed by atoms with van der Waals surface area (Å²) in [7, 11) is 0. The van der Waals surface area contributed by atoms with Crippen LogP contribution in [-0.2, 0) is 0 Å². The van der Waals surface area contributed by atoms with Gasteiger partial charge in [0.1, 0.15) is 0 Å². The standard InChI is InChI=1S/C13H22.C11H20.2C10H18.2C9H16.C9H18.C8H14.C8H16/c1-8(2)13-11-4-9-3-10(6-11)7-12(13)5-9;1-8(2)11-7-9-3-5-10(11)6-4-9;1-7(2)10-6-8-3-4-9(10)5-8;1-7(2)10-8-3-4-9(10)6-5-8;1-6(2)9-5-7-3-8(9)4-7;1-6(2)9-7-3-4-8(9)5-7;1-8(2)9-6-4-3-5-7-9;1-5(2)8-6-3-7(8)4-6;1-7(2)8-5-3-4-6-8/h8-13H,3-7H2,1-2H3;8-11H,3-7H2,1-2H3;2*7-10H,3-6H2,1-2H3;2*6-9H,3-5H2,1-2H3;8-9H,3-7H2,1-2H3;5-8H,3-4H2,1-2H3;7-8H,3-6H2,1-2H3/i2*8D;2*7D;2*6D;8D;5D;7D. The summed E-state index contributed by atoms with van der Waals surface area (Å²) in [6.07, 6.45) is 49.1. The maximum atomic E-state index is 8.31. The molecule has 0 amide bonds. The van der Waals surface area contributed by atoms with Crippen LogP contribution in [0.2, 0.25) is 0 Å². The molecule has 7 unspecified atom stereocenters. The second-order valence-electron chi connectivity index (χ2n) is 37.4. The SMILES string of the molecule is [2H]C(C)(C)C1C2CC1C2.[2H]C(C)(C)C1C2CC3CC(C2)CC1C3.[2H]C(C)(C)C1C2CCC1C2.[2H]C(C)(C)C1C2CCC1CC2.[2H]C(C)(C)C1CC2CC1C2.[2H]C(C)(C)C1CC2CCC1C2.[2H]C(C)(C)C1CC2CCC1CC2.[2H]C(C)(C)C1CCCC1.[2H]C(C)(C)C1CCCCC1. The van der Waals surface area contributed by atoms with Crippen LogP contribution in [0.3, 0.4) is 0 Å². The lowest BCUT2D eigenvalue weighted by Gasteiger charge is -2.60. The van der Waals surface area contributed by atoms with Crippen LogP contribution in [0.1, 0.15) is 362 Å². The quantitative estimate of drug-likeness (QED) is 0.216. The fourth-order valence-corrected chi connectivity index (χ4v) is 24.9. The van der Waals surface area contributed by atoms with Crippen LogP contribution in [0.15, 0.2) is 0 Å². The smallest absolute Gasteiger partial charge is 0.0300 e. The summed E-state index contributed by atoms with van der Waals surface area (Å²) in [5.41, 5.74) is 0. The van der Waals surface area contributed by atoms with Crippen LogP contribution in [0.25, 0.3) is 0 Å². The molecule has 0 radical (unpaired) electrons. The van der Waals surface area contributed by atoms with Gasteiger partial charge in [0, 0.05) is 12.3 Å². The van der Waals surface area contributed by atoms with Crippen LogP contribution in [0, 0.1) is 201 Å². The summed E-state index contributed by atoms with van der Waals surface area (Å²) in [4.78, 5) is 0. The molecule has 7 atom stereocenters. The summed E-state index contributed by atoms with van der Waals surface area (Å²) in [5, 5.41) is 0. The van der Waals surface area contributed by atoms with Gasteiger partial charge in [0.05, 0.1) is 0 Å². The molecule has 506 valence electrons. The molecule has 0 aromatic heterocycles. The van der Waals surface area contributed by atoms with E-state index in [9.17, 15) is 0 Å². The molecule has 0 aliphatic heterocycles. The van der Waals surface area contributed by atoms with Crippen LogP contribution in [-0.4, -0.2) is 0 Å². The zero-order chi connectivity index (χ0) is 70.7. The van der Waals surface area contributed by atoms with Crippen molar-refractivity contribution in [1.82, 2.24) is 0 Å². The lowest BCUT2D eigenvalue weighted by atomic mass is 9.45. The molecule has 0 saturated heterocycles. The van der Waals surface area contributed by atoms with Gasteiger partial charge in [-0.1, -0.05) is 202 Å². The van der Waals surface area contributed by atoms with E-state index in [1.165, 1.54) is 225 Å². The van der Waals surface area contributed by atoms with Gasteiger partial charge in [0.2, 0.25) is 0 Å². The zero-order valence-corrected chi connectivity index (χ0v) is 61.7. The molecule has 87 heavy (non-hydrogen) atoms. The molecule has 0 heterocycles. The minimum Gasteiger partial charge on any atom is -0.0625 e. The van der Waals surface area contributed by atoms with Crippen LogP contribution in [0.5, 0.6) is 0 Å². The molecule has 0 heteroatoms. The maximum absolute atomic E-state index is 8.31. The zero-order valence-electron chi connectivity index (χ0n) is 70.7. The van der Waals surface area contributed by atoms with Crippen molar-refractivity contribution in [2.75, 3.05) is 0 Å². The molecule has 22 fully saturated rings. The molecule has 22 aliphatic carbocycles. The van der Waals surface area contributed by atoms with Gasteiger partial charge in [0.15, 0.2) is 0 Å². The predicted octanol–water partition coefficient (Wildman–Crippen LogP) is 27.1. The van der Waals surface area contributed by atoms with Gasteiger partial charge >= 0.3 is 0 Å². The number of rotatable bonds is 9. The van der Waals surface area contributed by atoms with E-state index < -0.39 is 0 Å². The topological polar surface area (TPSA) is 0 Å². The highest BCUT2D eigenvalue weighted by molar-refractivity contribution is 5.03. The second-order valence-corrected chi connectivity index (χ2v) is 37.4. The molecular formula is C87H158. The largest absolute Gasteiger partial charge is 0.0625 e. The van der Waals surface area contributed by atoms with Gasteiger partial charge in [-0.2, -0.15) is 0 Å². The van der Waals surface area contributed by atoms with E-state index in [1.54, 1.807) is 0 Å². The Labute approximate surface area is 560 Å². The Hall–Kier alpha value is 0. The fraction of sp³-hybridized carbons (Fsp3) is 1.00. The Kier molecular flexibility index (Phi) is 22.6. The highest BCUT2D eigenvalue weighted by Crippen LogP contribution is 2.62. The summed E-state index contributed by atoms with van der Waals surface area (Å²) in [5.74, 6) is 20.2. The van der Waals surface area contributed by atoms with E-state index in [2.05, 4.69) is 96.9 Å². The van der Waals surface area contributed by atoms with Gasteiger partial charge in [-0.3, -0.25) is 0 Å². The monoisotopic (exact) mass is 1210 g/mol. The number of fused-ring (bicyclic) bond motifs is 9. The predicted molar refractivity (Wildman–Crippen MR) is 382 cm³/mol. The number of hydrogen-bond donors (Lipinski definition) is 0. The molecule has 0 aromatic carbocycles. The Bertz CT molecular complexity index is 2230. The highest BCUT2D eigenvalue weighted by Gasteiger charge is 2.53. The van der Waals surface area contributed by atoms with Crippen molar-refractivity contribution in [3.8, 4) is 0 Å². The molecule has 0 aromatic rings. The van der Waals surface area contributed by atoms with Crippen molar-refractivity contribution in [1.29, 1.82) is 0 Å². The molecule has 22 rings (SSSR count). The first-order valence-corrected chi connectivity index (χ1v) is 39.7. The molecule has 0 spiro atoms. The average molecular weight is 1210 g/mol. The third-order valence-electron chi connectivity index (χ3n) is 29.5. The summed E-state index contributed by atoms with van der Waals surface area (Å²) in [6, 6.07) is 0. The molecular weight excluding hydrogens is 1040 g/mol. The van der Waals surface area contributed by atoms with Crippen molar-refractivity contribution in [2.24, 2.45) is 201 Å². The van der Waals surface area contributed by atoms with Gasteiger partial charge < -0.3 is 0 Å². The summed E-state index contributed by atoms with van der Waals surface area (Å²) >= 11 is 0. The first-order valence-electron chi connectivity index (χ1n) is 44.2. The molecule has 0 nitrogen and oxygen atoms in total. The van der Waals surface area contributed by atoms with Crippen LogP contribution >= 0.6 is 0 Å². The molecule has 0 N–H and O–H groups in total. The Morgan fingerprint density at radius 2 is 0.460 bits per heavy atom. The van der Waals surface area contributed by atoms with E-state index >= 15 is 0 Å². The van der Waals surface area contributed by atoms with Gasteiger partial charge in [-0.15, -0.1) is 0 Å². The van der Waals surface area contributed by atoms with E-state index in [0.29, 0.717) is 23.7 Å². The van der Waals surface area contributed by atoms with Crippen molar-refractivity contribution in [3.63, 3.8) is 0 Å². The van der Waals surface area contributed by atoms with Gasteiger partial charge in [-0.25, -0.2) is 0 Å². The van der Waals surface area contributed by atoms with Crippen LogP contribution < -0.4 is 0 Å². The maximum Gasteiger partial charge on any atom is 0.0300 e. The molecule has 22 saturated carbocycles. The average Bonchev–Trinajstić information content (AvgIpc) is 1.33. The Morgan fingerprint density at radius 1 is 0.184 bits per heavy atom. The fourth-order valence-electron chi connectivity index (χ4n) is 24.9. The van der Waals surface area contributed by atoms with Gasteiger partial charge in [0.25, 0.3) is 0 Å². The highest BCUT2D eigenvalue weighted by atomic mass is 14.6. The first kappa shape index (κ1) is 59.5. The summed E-state index contributed by atoms with van der Waals surface area (Å²) in [6.45, 7) is 37.3. The summed E-state index contributed by atoms with van der Waals surface area (Å²) < 4.78 is 71.5. The van der Waals surface area contributed by atoms with E-state index in [4.69, 9.17) is 12.3 Å². The third kappa shape index (κ3) is 18.5. The van der Waals surface area contributed by atoms with E-state index in [0.717, 1.165) is 124 Å². The van der Waals surface area contributed by atoms with Crippen molar-refractivity contribution in [2.45, 2.75) is 349 Å². The van der Waals surface area contributed by atoms with Gasteiger partial charge in [-0.05, 0) is 349 Å². The van der Waals surface area contributed by atoms with E-state index in [-0.39, 0.29) is 53.0 Å². The lowest BCUT2D eigenvalue weighted by Crippen LogP contribution is -2.52. The first-order chi connectivity index (χ1) is 44.2. The van der Waals surface area contributed by atoms with Crippen molar-refractivity contribution in [3.05, 3.63) is 0 Å². The van der Waals surface area contributed by atoms with E-state index in [1.807, 2.05) is 27.7 Å². The minimum absolute atomic E-state index is 0.133. The Morgan fingerprint density at radius 3 is 0.701 bits per heavy atom. The van der Waals surface area contributed by atoms with Crippen LogP contribution in [0.4, 0.5) is 0 Å². The van der Waals surface area contributed by atoms with Crippen molar-refractivity contribution < 1.29 is 12.3 Å². The van der Waals surface area contributed by atoms with Crippen molar-refractivity contribution >= 4 is 0 Å². The number of hydrogen-bond acceptors (Lipinski definition) is 0. The molecule has 16 bridgehead atoms. The normalized spacial score (nSPS) is 45.4. The minimum atomic E-state index is -0.180. The lowest BCUT2D eigenvalue weighted by molar-refractivity contribution is -0.107. The third-order valence-corrected chi connectivity index (χ3v) is 29.5. The second kappa shape index (κ2) is 33.1.